The molecule has 2 amide bonds. The number of ether oxygens (including phenoxy) is 1. The number of amides is 2. The van der Waals surface area contributed by atoms with Gasteiger partial charge >= 0.3 is 0 Å². The average molecular weight is 569 g/mol. The molecule has 222 valence electrons. The van der Waals surface area contributed by atoms with Gasteiger partial charge in [-0.05, 0) is 79.3 Å². The van der Waals surface area contributed by atoms with Gasteiger partial charge in [-0.15, -0.1) is 0 Å². The van der Waals surface area contributed by atoms with Crippen LogP contribution in [0.4, 0.5) is 11.4 Å². The molecule has 2 aliphatic heterocycles. The van der Waals surface area contributed by atoms with Gasteiger partial charge in [0.05, 0.1) is 18.8 Å². The van der Waals surface area contributed by atoms with E-state index in [4.69, 9.17) is 4.74 Å². The number of aryl methyl sites for hydroxylation is 1. The number of benzene rings is 3. The topological polar surface area (TPSA) is 73.9 Å². The van der Waals surface area contributed by atoms with E-state index in [0.717, 1.165) is 77.3 Å². The Morgan fingerprint density at radius 2 is 1.64 bits per heavy atom. The molecule has 0 atom stereocenters. The zero-order chi connectivity index (χ0) is 29.1. The molecule has 0 unspecified atom stereocenters. The third kappa shape index (κ3) is 7.99. The molecule has 42 heavy (non-hydrogen) atoms. The Labute approximate surface area is 250 Å². The number of carbonyl (C=O) groups excluding carboxylic acids is 2. The van der Waals surface area contributed by atoms with Crippen LogP contribution in [-0.4, -0.2) is 62.7 Å². The second-order valence-corrected chi connectivity index (χ2v) is 11.3. The number of hydrogen-bond acceptors (Lipinski definition) is 5. The van der Waals surface area contributed by atoms with Crippen LogP contribution in [0.1, 0.15) is 70.0 Å². The van der Waals surface area contributed by atoms with Crippen molar-refractivity contribution in [1.82, 2.24) is 10.2 Å². The summed E-state index contributed by atoms with van der Waals surface area (Å²) >= 11 is 0. The fourth-order valence-corrected chi connectivity index (χ4v) is 5.80. The highest BCUT2D eigenvalue weighted by Crippen LogP contribution is 2.30. The van der Waals surface area contributed by atoms with Gasteiger partial charge in [-0.1, -0.05) is 56.2 Å². The molecule has 0 bridgehead atoms. The number of nitrogens with one attached hydrogen (secondary N) is 2. The lowest BCUT2D eigenvalue weighted by Crippen LogP contribution is -2.38. The fourth-order valence-electron chi connectivity index (χ4n) is 5.80. The molecule has 0 aliphatic carbocycles. The van der Waals surface area contributed by atoms with Crippen molar-refractivity contribution in [2.75, 3.05) is 56.2 Å². The molecular formula is C35H44N4O3. The predicted molar refractivity (Wildman–Crippen MR) is 169 cm³/mol. The molecule has 2 heterocycles. The smallest absolute Gasteiger partial charge is 0.255 e. The highest BCUT2D eigenvalue weighted by atomic mass is 16.5. The average Bonchev–Trinajstić information content (AvgIpc) is 3.03. The molecule has 0 saturated carbocycles. The van der Waals surface area contributed by atoms with E-state index in [1.54, 1.807) is 0 Å². The molecular weight excluding hydrogens is 524 g/mol. The minimum atomic E-state index is -0.174. The number of fused-ring (bicyclic) bond motifs is 1. The Balaban J connectivity index is 1.28. The summed E-state index contributed by atoms with van der Waals surface area (Å²) in [5.41, 5.74) is 6.61. The molecule has 1 fully saturated rings. The maximum Gasteiger partial charge on any atom is 0.255 e. The first-order valence-corrected chi connectivity index (χ1v) is 15.5. The molecule has 0 radical (unpaired) electrons. The summed E-state index contributed by atoms with van der Waals surface area (Å²) in [5.74, 6) is -0.287. The molecule has 0 aromatic heterocycles. The number of carbonyl (C=O) groups is 2. The largest absolute Gasteiger partial charge is 0.379 e. The standard InChI is InChI=1S/C35H44N4O3/c1-2-3-4-8-27-11-13-29(14-12-27)34(40)37-31-15-16-33(39-20-17-28-9-5-6-10-30(28)26-39)32(25-31)35(41)36-18-7-19-38-21-23-42-24-22-38/h5-6,9-16,25H,2-4,7-8,17-24,26H2,1H3,(H,36,41)(H,37,40). The lowest BCUT2D eigenvalue weighted by molar-refractivity contribution is 0.0374. The second-order valence-electron chi connectivity index (χ2n) is 11.3. The van der Waals surface area contributed by atoms with Crippen LogP contribution in [-0.2, 0) is 24.1 Å². The molecule has 2 aliphatic rings. The van der Waals surface area contributed by atoms with Crippen LogP contribution in [0.5, 0.6) is 0 Å². The summed E-state index contributed by atoms with van der Waals surface area (Å²) in [6, 6.07) is 22.1. The molecule has 3 aromatic rings. The van der Waals surface area contributed by atoms with Crippen molar-refractivity contribution in [3.8, 4) is 0 Å². The van der Waals surface area contributed by atoms with E-state index in [2.05, 4.69) is 51.6 Å². The summed E-state index contributed by atoms with van der Waals surface area (Å²) < 4.78 is 5.44. The van der Waals surface area contributed by atoms with Crippen LogP contribution in [0.3, 0.4) is 0 Å². The van der Waals surface area contributed by atoms with E-state index >= 15 is 0 Å². The van der Waals surface area contributed by atoms with E-state index in [9.17, 15) is 9.59 Å². The van der Waals surface area contributed by atoms with Crippen molar-refractivity contribution >= 4 is 23.2 Å². The lowest BCUT2D eigenvalue weighted by Gasteiger charge is -2.32. The van der Waals surface area contributed by atoms with Crippen LogP contribution < -0.4 is 15.5 Å². The zero-order valence-corrected chi connectivity index (χ0v) is 24.9. The summed E-state index contributed by atoms with van der Waals surface area (Å²) in [7, 11) is 0. The summed E-state index contributed by atoms with van der Waals surface area (Å²) in [5, 5.41) is 6.17. The number of anilines is 2. The number of unbranched alkanes of at least 4 members (excludes halogenated alkanes) is 2. The van der Waals surface area contributed by atoms with Crippen molar-refractivity contribution in [2.24, 2.45) is 0 Å². The number of nitrogens with zero attached hydrogens (tertiary/aromatic N) is 2. The van der Waals surface area contributed by atoms with Gasteiger partial charge < -0.3 is 20.3 Å². The highest BCUT2D eigenvalue weighted by molar-refractivity contribution is 6.06. The van der Waals surface area contributed by atoms with Crippen molar-refractivity contribution in [1.29, 1.82) is 0 Å². The van der Waals surface area contributed by atoms with Gasteiger partial charge in [-0.3, -0.25) is 14.5 Å². The first kappa shape index (κ1) is 29.8. The summed E-state index contributed by atoms with van der Waals surface area (Å²) in [6.07, 6.45) is 6.41. The summed E-state index contributed by atoms with van der Waals surface area (Å²) in [6.45, 7) is 8.76. The van der Waals surface area contributed by atoms with E-state index in [-0.39, 0.29) is 11.8 Å². The van der Waals surface area contributed by atoms with Gasteiger partial charge in [0, 0.05) is 49.7 Å². The quantitative estimate of drug-likeness (QED) is 0.275. The number of rotatable bonds is 12. The van der Waals surface area contributed by atoms with Gasteiger partial charge in [0.1, 0.15) is 0 Å². The summed E-state index contributed by atoms with van der Waals surface area (Å²) in [4.78, 5) is 31.3. The first-order chi connectivity index (χ1) is 20.6. The van der Waals surface area contributed by atoms with Crippen molar-refractivity contribution in [3.63, 3.8) is 0 Å². The highest BCUT2D eigenvalue weighted by Gasteiger charge is 2.22. The van der Waals surface area contributed by atoms with Gasteiger partial charge in [-0.2, -0.15) is 0 Å². The minimum absolute atomic E-state index is 0.113. The molecule has 7 nitrogen and oxygen atoms in total. The van der Waals surface area contributed by atoms with Gasteiger partial charge in [0.15, 0.2) is 0 Å². The number of hydrogen-bond donors (Lipinski definition) is 2. The van der Waals surface area contributed by atoms with E-state index in [1.165, 1.54) is 29.5 Å². The minimum Gasteiger partial charge on any atom is -0.379 e. The Morgan fingerprint density at radius 3 is 2.43 bits per heavy atom. The normalized spacial score (nSPS) is 15.2. The Bertz CT molecular complexity index is 1330. The fraction of sp³-hybridized carbons (Fsp3) is 0.429. The monoisotopic (exact) mass is 568 g/mol. The van der Waals surface area contributed by atoms with E-state index < -0.39 is 0 Å². The molecule has 0 spiro atoms. The van der Waals surface area contributed by atoms with Crippen molar-refractivity contribution < 1.29 is 14.3 Å². The Morgan fingerprint density at radius 1 is 0.857 bits per heavy atom. The second kappa shape index (κ2) is 15.0. The van der Waals surface area contributed by atoms with Gasteiger partial charge in [-0.25, -0.2) is 0 Å². The van der Waals surface area contributed by atoms with E-state index in [1.807, 2.05) is 42.5 Å². The SMILES string of the molecule is CCCCCc1ccc(C(=O)Nc2ccc(N3CCc4ccccc4C3)c(C(=O)NCCCN3CCOCC3)c2)cc1. The van der Waals surface area contributed by atoms with Crippen LogP contribution in [0.2, 0.25) is 0 Å². The maximum absolute atomic E-state index is 13.6. The Hall–Kier alpha value is -3.68. The zero-order valence-electron chi connectivity index (χ0n) is 24.9. The van der Waals surface area contributed by atoms with Crippen LogP contribution in [0.15, 0.2) is 66.7 Å². The van der Waals surface area contributed by atoms with Gasteiger partial charge in [0.2, 0.25) is 0 Å². The molecule has 7 heteroatoms. The molecule has 2 N–H and O–H groups in total. The third-order valence-electron chi connectivity index (χ3n) is 8.30. The third-order valence-corrected chi connectivity index (χ3v) is 8.30. The van der Waals surface area contributed by atoms with E-state index in [0.29, 0.717) is 23.4 Å². The van der Waals surface area contributed by atoms with Crippen LogP contribution >= 0.6 is 0 Å². The Kier molecular flexibility index (Phi) is 10.6. The number of morpholine rings is 1. The van der Waals surface area contributed by atoms with Crippen molar-refractivity contribution in [3.05, 3.63) is 94.5 Å². The predicted octanol–water partition coefficient (Wildman–Crippen LogP) is 5.69. The maximum atomic E-state index is 13.6. The molecule has 5 rings (SSSR count). The molecule has 1 saturated heterocycles. The molecule has 3 aromatic carbocycles. The first-order valence-electron chi connectivity index (χ1n) is 15.5. The van der Waals surface area contributed by atoms with Gasteiger partial charge in [0.25, 0.3) is 11.8 Å². The van der Waals surface area contributed by atoms with Crippen LogP contribution in [0.25, 0.3) is 0 Å². The van der Waals surface area contributed by atoms with Crippen LogP contribution in [0, 0.1) is 0 Å². The van der Waals surface area contributed by atoms with Crippen molar-refractivity contribution in [2.45, 2.75) is 52.0 Å². The lowest BCUT2D eigenvalue weighted by atomic mass is 9.98.